The van der Waals surface area contributed by atoms with E-state index in [1.165, 1.54) is 13.2 Å². The number of hydrogen-bond acceptors (Lipinski definition) is 4. The van der Waals surface area contributed by atoms with Crippen LogP contribution in [0, 0.1) is 17.5 Å². The molecular formula is C19H15F4N3O2. The van der Waals surface area contributed by atoms with Gasteiger partial charge >= 0.3 is 0 Å². The number of anilines is 1. The molecule has 0 saturated carbocycles. The minimum absolute atomic E-state index is 0.0114. The van der Waals surface area contributed by atoms with Crippen LogP contribution in [0.1, 0.15) is 11.3 Å². The lowest BCUT2D eigenvalue weighted by Crippen LogP contribution is -2.17. The van der Waals surface area contributed by atoms with E-state index < -0.39 is 35.6 Å². The molecule has 0 fully saturated rings. The number of benzene rings is 1. The van der Waals surface area contributed by atoms with E-state index in [0.29, 0.717) is 12.1 Å². The Kier molecular flexibility index (Phi) is 6.64. The first kappa shape index (κ1) is 20.8. The normalized spacial score (nSPS) is 11.1. The van der Waals surface area contributed by atoms with Gasteiger partial charge in [-0.3, -0.25) is 4.79 Å². The summed E-state index contributed by atoms with van der Waals surface area (Å²) < 4.78 is 58.0. The predicted octanol–water partition coefficient (Wildman–Crippen LogP) is 4.10. The number of hydrogen-bond donors (Lipinski definition) is 1. The van der Waals surface area contributed by atoms with Gasteiger partial charge in [-0.25, -0.2) is 27.5 Å². The number of allylic oxidation sites excluding steroid dienone is 3. The lowest BCUT2D eigenvalue weighted by molar-refractivity contribution is -0.115. The zero-order chi connectivity index (χ0) is 20.8. The second-order valence-electron chi connectivity index (χ2n) is 5.50. The number of methoxy groups -OCH3 is 1. The van der Waals surface area contributed by atoms with Gasteiger partial charge in [0.25, 0.3) is 0 Å². The van der Waals surface area contributed by atoms with Crippen molar-refractivity contribution in [1.82, 2.24) is 9.97 Å². The maximum atomic E-state index is 13.7. The predicted molar refractivity (Wildman–Crippen MR) is 95.1 cm³/mol. The van der Waals surface area contributed by atoms with Crippen molar-refractivity contribution in [1.29, 1.82) is 0 Å². The van der Waals surface area contributed by atoms with Gasteiger partial charge in [-0.1, -0.05) is 13.2 Å². The van der Waals surface area contributed by atoms with Crippen LogP contribution in [0.2, 0.25) is 0 Å². The van der Waals surface area contributed by atoms with E-state index in [9.17, 15) is 22.4 Å². The molecule has 0 aliphatic heterocycles. The molecule has 1 aromatic carbocycles. The molecule has 0 radical (unpaired) electrons. The molecule has 1 N–H and O–H groups in total. The summed E-state index contributed by atoms with van der Waals surface area (Å²) in [6, 6.07) is 2.27. The van der Waals surface area contributed by atoms with E-state index >= 15 is 0 Å². The summed E-state index contributed by atoms with van der Waals surface area (Å²) in [6.07, 6.45) is 1.58. The highest BCUT2D eigenvalue weighted by Crippen LogP contribution is 2.24. The van der Waals surface area contributed by atoms with Crippen LogP contribution in [-0.2, 0) is 16.0 Å². The standard InChI is InChI=1S/C19H15F4N3O2/c1-10(20)4-13(11(2)28-3)17-8-18(25-9-24-17)26-19(27)6-12-5-15(22)16(23)7-14(12)21/h4-5,7-9H,1-2,6H2,3H3,(H,24,25,26,27)/b13-4+. The Morgan fingerprint density at radius 1 is 1.14 bits per heavy atom. The lowest BCUT2D eigenvalue weighted by Gasteiger charge is -2.11. The number of nitrogens with one attached hydrogen (secondary N) is 1. The summed E-state index contributed by atoms with van der Waals surface area (Å²) in [4.78, 5) is 19.9. The molecule has 1 amide bonds. The summed E-state index contributed by atoms with van der Waals surface area (Å²) in [7, 11) is 1.33. The number of halogens is 4. The van der Waals surface area contributed by atoms with Crippen molar-refractivity contribution in [3.05, 3.63) is 84.1 Å². The Hall–Kier alpha value is -3.49. The third-order valence-electron chi connectivity index (χ3n) is 3.50. The van der Waals surface area contributed by atoms with Gasteiger partial charge in [0.2, 0.25) is 5.91 Å². The van der Waals surface area contributed by atoms with Gasteiger partial charge in [0, 0.05) is 23.3 Å². The second-order valence-corrected chi connectivity index (χ2v) is 5.50. The van der Waals surface area contributed by atoms with E-state index in [4.69, 9.17) is 4.74 Å². The smallest absolute Gasteiger partial charge is 0.230 e. The van der Waals surface area contributed by atoms with E-state index in [1.54, 1.807) is 0 Å². The number of ether oxygens (including phenoxy) is 1. The molecular weight excluding hydrogens is 378 g/mol. The summed E-state index contributed by atoms with van der Waals surface area (Å²) in [5, 5.41) is 2.37. The molecule has 0 bridgehead atoms. The van der Waals surface area contributed by atoms with Crippen molar-refractivity contribution < 1.29 is 27.1 Å². The van der Waals surface area contributed by atoms with E-state index in [-0.39, 0.29) is 28.4 Å². The summed E-state index contributed by atoms with van der Waals surface area (Å²) in [5.41, 5.74) is 0.0160. The molecule has 9 heteroatoms. The first-order chi connectivity index (χ1) is 13.2. The molecule has 1 aromatic heterocycles. The highest BCUT2D eigenvalue weighted by Gasteiger charge is 2.15. The average molecular weight is 393 g/mol. The highest BCUT2D eigenvalue weighted by molar-refractivity contribution is 5.92. The molecule has 2 rings (SSSR count). The van der Waals surface area contributed by atoms with Gasteiger partial charge in [-0.15, -0.1) is 0 Å². The van der Waals surface area contributed by atoms with Gasteiger partial charge in [-0.05, 0) is 12.1 Å². The minimum Gasteiger partial charge on any atom is -0.497 e. The Morgan fingerprint density at radius 3 is 2.46 bits per heavy atom. The van der Waals surface area contributed by atoms with Crippen molar-refractivity contribution in [2.24, 2.45) is 0 Å². The molecule has 2 aromatic rings. The molecule has 0 aliphatic rings. The van der Waals surface area contributed by atoms with Crippen LogP contribution in [0.3, 0.4) is 0 Å². The molecule has 0 atom stereocenters. The molecule has 5 nitrogen and oxygen atoms in total. The molecule has 0 saturated heterocycles. The Balaban J connectivity index is 2.22. The second kappa shape index (κ2) is 8.94. The lowest BCUT2D eigenvalue weighted by atomic mass is 10.1. The first-order valence-electron chi connectivity index (χ1n) is 7.76. The zero-order valence-electron chi connectivity index (χ0n) is 14.7. The van der Waals surface area contributed by atoms with Crippen LogP contribution >= 0.6 is 0 Å². The fourth-order valence-electron chi connectivity index (χ4n) is 2.20. The number of carbonyl (C=O) groups is 1. The van der Waals surface area contributed by atoms with Gasteiger partial charge < -0.3 is 10.1 Å². The molecule has 0 aliphatic carbocycles. The SMILES string of the molecule is C=C(F)/C=C(\C(=C)OC)c1cc(NC(=O)Cc2cc(F)c(F)cc2F)ncn1. The van der Waals surface area contributed by atoms with E-state index in [2.05, 4.69) is 28.4 Å². The van der Waals surface area contributed by atoms with Gasteiger partial charge in [0.05, 0.1) is 19.2 Å². The van der Waals surface area contributed by atoms with Crippen LogP contribution in [0.4, 0.5) is 23.4 Å². The fraction of sp³-hybridized carbons (Fsp3) is 0.105. The molecule has 146 valence electrons. The quantitative estimate of drug-likeness (QED) is 0.333. The largest absolute Gasteiger partial charge is 0.497 e. The minimum atomic E-state index is -1.35. The molecule has 1 heterocycles. The Labute approximate surface area is 158 Å². The molecule has 0 unspecified atom stereocenters. The van der Waals surface area contributed by atoms with Crippen LogP contribution in [0.15, 0.2) is 55.3 Å². The van der Waals surface area contributed by atoms with Crippen molar-refractivity contribution in [3.8, 4) is 0 Å². The highest BCUT2D eigenvalue weighted by atomic mass is 19.2. The number of carbonyl (C=O) groups excluding carboxylic acids is 1. The zero-order valence-corrected chi connectivity index (χ0v) is 14.7. The van der Waals surface area contributed by atoms with Crippen LogP contribution in [0.5, 0.6) is 0 Å². The van der Waals surface area contributed by atoms with Gasteiger partial charge in [-0.2, -0.15) is 0 Å². The van der Waals surface area contributed by atoms with E-state index in [0.717, 1.165) is 12.4 Å². The van der Waals surface area contributed by atoms with E-state index in [1.807, 2.05) is 0 Å². The van der Waals surface area contributed by atoms with Crippen LogP contribution in [-0.4, -0.2) is 23.0 Å². The number of amides is 1. The van der Waals surface area contributed by atoms with Crippen molar-refractivity contribution >= 4 is 17.3 Å². The third-order valence-corrected chi connectivity index (χ3v) is 3.50. The van der Waals surface area contributed by atoms with Gasteiger partial charge in [0.1, 0.15) is 29.5 Å². The van der Waals surface area contributed by atoms with Crippen LogP contribution < -0.4 is 5.32 Å². The monoisotopic (exact) mass is 393 g/mol. The average Bonchev–Trinajstić information content (AvgIpc) is 2.63. The van der Waals surface area contributed by atoms with Crippen molar-refractivity contribution in [2.75, 3.05) is 12.4 Å². The summed E-state index contributed by atoms with van der Waals surface area (Å²) in [5.74, 6) is -5.08. The summed E-state index contributed by atoms with van der Waals surface area (Å²) in [6.45, 7) is 6.75. The number of rotatable bonds is 7. The third kappa shape index (κ3) is 5.26. The topological polar surface area (TPSA) is 64.1 Å². The maximum Gasteiger partial charge on any atom is 0.230 e. The summed E-state index contributed by atoms with van der Waals surface area (Å²) >= 11 is 0. The molecule has 0 spiro atoms. The fourth-order valence-corrected chi connectivity index (χ4v) is 2.20. The van der Waals surface area contributed by atoms with Crippen molar-refractivity contribution in [2.45, 2.75) is 6.42 Å². The Bertz CT molecular complexity index is 974. The Morgan fingerprint density at radius 2 is 1.82 bits per heavy atom. The number of nitrogens with zero attached hydrogens (tertiary/aromatic N) is 2. The maximum absolute atomic E-state index is 13.7. The van der Waals surface area contributed by atoms with Crippen LogP contribution in [0.25, 0.3) is 5.57 Å². The van der Waals surface area contributed by atoms with Gasteiger partial charge in [0.15, 0.2) is 11.6 Å². The number of aromatic nitrogens is 2. The van der Waals surface area contributed by atoms with Crippen molar-refractivity contribution in [3.63, 3.8) is 0 Å². The first-order valence-corrected chi connectivity index (χ1v) is 7.76. The molecule has 28 heavy (non-hydrogen) atoms.